The first-order valence-electron chi connectivity index (χ1n) is 13.9. The van der Waals surface area contributed by atoms with E-state index in [1.54, 1.807) is 17.0 Å². The van der Waals surface area contributed by atoms with Crippen LogP contribution in [0.1, 0.15) is 52.0 Å². The van der Waals surface area contributed by atoms with Gasteiger partial charge in [-0.05, 0) is 65.3 Å². The summed E-state index contributed by atoms with van der Waals surface area (Å²) in [6.07, 6.45) is 3.58. The third kappa shape index (κ3) is 5.73. The minimum atomic E-state index is -1.79. The van der Waals surface area contributed by atoms with Crippen molar-refractivity contribution in [1.29, 1.82) is 0 Å². The average Bonchev–Trinajstić information content (AvgIpc) is 3.31. The van der Waals surface area contributed by atoms with Gasteiger partial charge in [0, 0.05) is 6.17 Å². The Balaban J connectivity index is 1.30. The number of amides is 2. The second kappa shape index (κ2) is 11.4. The van der Waals surface area contributed by atoms with Crippen LogP contribution < -0.4 is 11.1 Å². The average molecular weight is 556 g/mol. The number of carbonyl (C=O) groups excluding carboxylic acids is 3. The molecule has 1 aliphatic carbocycles. The molecular formula is C32H37N3O4Si. The first-order valence-corrected chi connectivity index (χ1v) is 17.3. The van der Waals surface area contributed by atoms with E-state index < -0.39 is 20.2 Å². The van der Waals surface area contributed by atoms with Crippen LogP contribution in [0.15, 0.2) is 72.8 Å². The zero-order valence-electron chi connectivity index (χ0n) is 23.4. The number of nitrogens with zero attached hydrogens (tertiary/aromatic N) is 1. The number of benzene rings is 3. The highest BCUT2D eigenvalue weighted by molar-refractivity contribution is 6.79. The molecule has 5 rings (SSSR count). The second-order valence-electron chi connectivity index (χ2n) is 11.7. The molecule has 3 aromatic rings. The molecule has 40 heavy (non-hydrogen) atoms. The Morgan fingerprint density at radius 1 is 0.975 bits per heavy atom. The molecule has 3 atom stereocenters. The van der Waals surface area contributed by atoms with Gasteiger partial charge in [0.1, 0.15) is 12.1 Å². The first kappa shape index (κ1) is 27.8. The van der Waals surface area contributed by atoms with E-state index in [1.807, 2.05) is 48.5 Å². The van der Waals surface area contributed by atoms with Gasteiger partial charge in [-0.15, -0.1) is 0 Å². The number of hydrogen-bond acceptors (Lipinski definition) is 5. The third-order valence-electron chi connectivity index (χ3n) is 8.17. The van der Waals surface area contributed by atoms with Crippen LogP contribution in [-0.4, -0.2) is 50.1 Å². The van der Waals surface area contributed by atoms with E-state index in [9.17, 15) is 14.4 Å². The Morgan fingerprint density at radius 3 is 2.30 bits per heavy atom. The molecule has 0 radical (unpaired) electrons. The van der Waals surface area contributed by atoms with E-state index in [0.717, 1.165) is 36.4 Å². The number of methoxy groups -OCH3 is 1. The van der Waals surface area contributed by atoms with Crippen molar-refractivity contribution in [3.05, 3.63) is 95.1 Å². The summed E-state index contributed by atoms with van der Waals surface area (Å²) in [6.45, 7) is 4.45. The predicted molar refractivity (Wildman–Crippen MR) is 158 cm³/mol. The summed E-state index contributed by atoms with van der Waals surface area (Å²) < 4.78 is 4.76. The molecule has 1 saturated heterocycles. The van der Waals surface area contributed by atoms with Gasteiger partial charge in [-0.1, -0.05) is 73.8 Å². The number of esters is 1. The number of rotatable bonds is 6. The largest absolute Gasteiger partial charge is 0.465 e. The van der Waals surface area contributed by atoms with Crippen molar-refractivity contribution in [3.63, 3.8) is 0 Å². The molecule has 1 aliphatic heterocycles. The fraction of sp³-hybridized carbons (Fsp3) is 0.344. The smallest absolute Gasteiger partial charge is 0.337 e. The van der Waals surface area contributed by atoms with Crippen LogP contribution >= 0.6 is 0 Å². The van der Waals surface area contributed by atoms with Crippen LogP contribution in [0.4, 0.5) is 0 Å². The van der Waals surface area contributed by atoms with Crippen LogP contribution in [0.2, 0.25) is 19.1 Å². The highest BCUT2D eigenvalue weighted by atomic mass is 28.3. The molecule has 1 heterocycles. The maximum absolute atomic E-state index is 13.7. The number of hydrogen-bond donors (Lipinski definition) is 2. The van der Waals surface area contributed by atoms with Gasteiger partial charge in [0.05, 0.1) is 26.8 Å². The molecule has 3 N–H and O–H groups in total. The fourth-order valence-electron chi connectivity index (χ4n) is 6.03. The van der Waals surface area contributed by atoms with E-state index in [2.05, 4.69) is 30.5 Å². The lowest BCUT2D eigenvalue weighted by Gasteiger charge is -2.31. The number of aryl methyl sites for hydroxylation is 1. The lowest BCUT2D eigenvalue weighted by molar-refractivity contribution is -0.139. The summed E-state index contributed by atoms with van der Waals surface area (Å²) in [7, 11) is -0.433. The molecule has 208 valence electrons. The molecular weight excluding hydrogens is 518 g/mol. The zero-order chi connectivity index (χ0) is 28.4. The van der Waals surface area contributed by atoms with E-state index in [4.69, 9.17) is 10.5 Å². The molecule has 0 bridgehead atoms. The van der Waals surface area contributed by atoms with Gasteiger partial charge in [-0.2, -0.15) is 0 Å². The Kier molecular flexibility index (Phi) is 7.92. The summed E-state index contributed by atoms with van der Waals surface area (Å²) in [5.41, 5.74) is 12.1. The first-order chi connectivity index (χ1) is 19.2. The summed E-state index contributed by atoms with van der Waals surface area (Å²) in [4.78, 5) is 40.8. The van der Waals surface area contributed by atoms with Gasteiger partial charge in [-0.25, -0.2) is 4.79 Å². The Bertz CT molecular complexity index is 1400. The Hall–Kier alpha value is -3.75. The van der Waals surface area contributed by atoms with E-state index >= 15 is 0 Å². The summed E-state index contributed by atoms with van der Waals surface area (Å²) >= 11 is 0. The molecule has 3 unspecified atom stereocenters. The van der Waals surface area contributed by atoms with Gasteiger partial charge in [0.25, 0.3) is 0 Å². The summed E-state index contributed by atoms with van der Waals surface area (Å²) in [6, 6.07) is 22.4. The Morgan fingerprint density at radius 2 is 1.62 bits per heavy atom. The van der Waals surface area contributed by atoms with Crippen LogP contribution in [0, 0.1) is 0 Å². The van der Waals surface area contributed by atoms with Crippen molar-refractivity contribution in [3.8, 4) is 11.1 Å². The maximum atomic E-state index is 13.7. The van der Waals surface area contributed by atoms with Crippen molar-refractivity contribution in [2.24, 2.45) is 5.73 Å². The third-order valence-corrected chi connectivity index (χ3v) is 10.9. The molecule has 2 aliphatic rings. The van der Waals surface area contributed by atoms with Crippen molar-refractivity contribution < 1.29 is 19.1 Å². The van der Waals surface area contributed by atoms with Gasteiger partial charge in [-0.3, -0.25) is 9.59 Å². The molecule has 0 spiro atoms. The lowest BCUT2D eigenvalue weighted by atomic mass is 9.87. The number of carbonyl (C=O) groups is 3. The SMILES string of the molecule is COC(=O)c1ccc(-c2ccc(C(N)C(=O)N3C[Si](C)(C)CC3C(=O)NC3CCCc4ccccc43)cc2)cc1. The van der Waals surface area contributed by atoms with Crippen molar-refractivity contribution in [2.75, 3.05) is 13.3 Å². The topological polar surface area (TPSA) is 102 Å². The molecule has 0 aromatic heterocycles. The van der Waals surface area contributed by atoms with Gasteiger partial charge in [0.2, 0.25) is 11.8 Å². The lowest BCUT2D eigenvalue weighted by Crippen LogP contribution is -2.49. The number of fused-ring (bicyclic) bond motifs is 1. The van der Waals surface area contributed by atoms with E-state index in [0.29, 0.717) is 17.3 Å². The van der Waals surface area contributed by atoms with Crippen LogP contribution in [-0.2, 0) is 20.7 Å². The highest BCUT2D eigenvalue weighted by Gasteiger charge is 2.46. The van der Waals surface area contributed by atoms with Crippen LogP contribution in [0.3, 0.4) is 0 Å². The minimum Gasteiger partial charge on any atom is -0.465 e. The highest BCUT2D eigenvalue weighted by Crippen LogP contribution is 2.33. The van der Waals surface area contributed by atoms with Gasteiger partial charge < -0.3 is 20.7 Å². The van der Waals surface area contributed by atoms with Gasteiger partial charge in [0.15, 0.2) is 0 Å². The van der Waals surface area contributed by atoms with E-state index in [1.165, 1.54) is 18.2 Å². The van der Waals surface area contributed by atoms with Gasteiger partial charge >= 0.3 is 5.97 Å². The summed E-state index contributed by atoms with van der Waals surface area (Å²) in [5, 5.41) is 3.28. The molecule has 2 amide bonds. The molecule has 7 nitrogen and oxygen atoms in total. The van der Waals surface area contributed by atoms with E-state index in [-0.39, 0.29) is 23.8 Å². The molecule has 0 saturated carbocycles. The quantitative estimate of drug-likeness (QED) is 0.336. The van der Waals surface area contributed by atoms with Crippen molar-refractivity contribution >= 4 is 25.9 Å². The normalized spacial score (nSPS) is 20.4. The molecule has 8 heteroatoms. The molecule has 3 aromatic carbocycles. The monoisotopic (exact) mass is 555 g/mol. The second-order valence-corrected chi connectivity index (χ2v) is 16.7. The Labute approximate surface area is 236 Å². The maximum Gasteiger partial charge on any atom is 0.337 e. The number of nitrogens with two attached hydrogens (primary N) is 1. The molecule has 1 fully saturated rings. The standard InChI is InChI=1S/C32H37N3O4Si/c1-39-32(38)25-17-13-22(14-18-25)21-11-15-24(16-12-21)29(33)31(37)35-20-40(2,3)19-28(35)30(36)34-27-10-6-8-23-7-4-5-9-26(23)27/h4-5,7,9,11-18,27-29H,6,8,10,19-20,33H2,1-3H3,(H,34,36). The van der Waals surface area contributed by atoms with Crippen LogP contribution in [0.25, 0.3) is 11.1 Å². The minimum absolute atomic E-state index is 0.0253. The fourth-order valence-corrected chi connectivity index (χ4v) is 8.91. The predicted octanol–water partition coefficient (Wildman–Crippen LogP) is 4.79. The number of nitrogens with one attached hydrogen (secondary N) is 1. The van der Waals surface area contributed by atoms with Crippen molar-refractivity contribution in [2.45, 2.75) is 56.5 Å². The number of ether oxygens (including phenoxy) is 1. The summed E-state index contributed by atoms with van der Waals surface area (Å²) in [5.74, 6) is -0.668. The van der Waals surface area contributed by atoms with Crippen LogP contribution in [0.5, 0.6) is 0 Å². The zero-order valence-corrected chi connectivity index (χ0v) is 24.4. The van der Waals surface area contributed by atoms with Crippen molar-refractivity contribution in [1.82, 2.24) is 10.2 Å².